The van der Waals surface area contributed by atoms with Crippen LogP contribution in [0.1, 0.15) is 49.0 Å². The largest absolute Gasteiger partial charge is 0.337 e. The summed E-state index contributed by atoms with van der Waals surface area (Å²) in [5.41, 5.74) is 3.06. The van der Waals surface area contributed by atoms with E-state index in [1.165, 1.54) is 41.4 Å². The molecule has 0 radical (unpaired) electrons. The van der Waals surface area contributed by atoms with Gasteiger partial charge in [0, 0.05) is 39.4 Å². The van der Waals surface area contributed by atoms with Crippen molar-refractivity contribution in [2.75, 3.05) is 17.2 Å². The number of nitriles is 1. The average molecular weight is 718 g/mol. The maximum atomic E-state index is 14.0. The zero-order chi connectivity index (χ0) is 35.0. The van der Waals surface area contributed by atoms with Gasteiger partial charge in [0.15, 0.2) is 0 Å². The SMILES string of the molecule is CC(=O)N1CCc2c(sc(NC(=O)C(Sc3cccc(NC(=O)/C(=C/c4cccs4)NC(=O)c4ccccc4)c3)c3ccccc3)c2C#N)C1. The summed E-state index contributed by atoms with van der Waals surface area (Å²) in [4.78, 5) is 56.7. The number of nitrogens with one attached hydrogen (secondary N) is 3. The van der Waals surface area contributed by atoms with Gasteiger partial charge in [0.25, 0.3) is 11.8 Å². The Morgan fingerprint density at radius 1 is 0.940 bits per heavy atom. The molecule has 1 unspecified atom stereocenters. The number of carbonyl (C=O) groups is 4. The van der Waals surface area contributed by atoms with Crippen molar-refractivity contribution in [1.29, 1.82) is 5.26 Å². The molecule has 12 heteroatoms. The second-order valence-corrected chi connectivity index (χ2v) is 14.5. The number of hydrogen-bond donors (Lipinski definition) is 3. The highest BCUT2D eigenvalue weighted by molar-refractivity contribution is 8.00. The van der Waals surface area contributed by atoms with E-state index in [-0.39, 0.29) is 17.5 Å². The van der Waals surface area contributed by atoms with Crippen LogP contribution in [0.15, 0.2) is 113 Å². The molecule has 250 valence electrons. The fraction of sp³-hybridized carbons (Fsp3) is 0.132. The Morgan fingerprint density at radius 2 is 1.70 bits per heavy atom. The van der Waals surface area contributed by atoms with Crippen LogP contribution in [0.3, 0.4) is 0 Å². The summed E-state index contributed by atoms with van der Waals surface area (Å²) in [6.07, 6.45) is 2.19. The lowest BCUT2D eigenvalue weighted by atomic mass is 10.0. The molecule has 3 aromatic carbocycles. The summed E-state index contributed by atoms with van der Waals surface area (Å²) in [6.45, 7) is 2.47. The first-order chi connectivity index (χ1) is 24.3. The minimum absolute atomic E-state index is 0.0289. The van der Waals surface area contributed by atoms with Crippen molar-refractivity contribution in [3.05, 3.63) is 140 Å². The maximum absolute atomic E-state index is 14.0. The van der Waals surface area contributed by atoms with Gasteiger partial charge in [0.2, 0.25) is 11.8 Å². The van der Waals surface area contributed by atoms with Crippen LogP contribution in [0, 0.1) is 11.3 Å². The van der Waals surface area contributed by atoms with Gasteiger partial charge in [-0.15, -0.1) is 34.4 Å². The molecule has 2 aromatic heterocycles. The van der Waals surface area contributed by atoms with Crippen LogP contribution in [-0.2, 0) is 27.3 Å². The summed E-state index contributed by atoms with van der Waals surface area (Å²) in [5.74, 6) is -1.25. The summed E-state index contributed by atoms with van der Waals surface area (Å²) in [6, 6.07) is 31.1. The lowest BCUT2D eigenvalue weighted by molar-refractivity contribution is -0.129. The van der Waals surface area contributed by atoms with E-state index in [9.17, 15) is 24.4 Å². The Balaban J connectivity index is 1.22. The Kier molecular flexibility index (Phi) is 10.9. The van der Waals surface area contributed by atoms with E-state index in [1.807, 2.05) is 60.0 Å². The van der Waals surface area contributed by atoms with Gasteiger partial charge in [-0.1, -0.05) is 60.7 Å². The van der Waals surface area contributed by atoms with Crippen molar-refractivity contribution in [3.8, 4) is 6.07 Å². The van der Waals surface area contributed by atoms with Crippen LogP contribution in [0.2, 0.25) is 0 Å². The topological polar surface area (TPSA) is 131 Å². The molecule has 1 atom stereocenters. The third-order valence-electron chi connectivity index (χ3n) is 7.90. The van der Waals surface area contributed by atoms with E-state index < -0.39 is 17.1 Å². The molecule has 50 heavy (non-hydrogen) atoms. The number of thiophene rings is 2. The Hall–Kier alpha value is -5.48. The van der Waals surface area contributed by atoms with Gasteiger partial charge in [-0.3, -0.25) is 19.2 Å². The number of amides is 4. The monoisotopic (exact) mass is 717 g/mol. The van der Waals surface area contributed by atoms with Gasteiger partial charge in [0.1, 0.15) is 22.0 Å². The van der Waals surface area contributed by atoms with Gasteiger partial charge in [-0.05, 0) is 65.4 Å². The first kappa shape index (κ1) is 34.4. The lowest BCUT2D eigenvalue weighted by Gasteiger charge is -2.25. The second kappa shape index (κ2) is 15.8. The lowest BCUT2D eigenvalue weighted by Crippen LogP contribution is -2.33. The molecule has 0 aliphatic carbocycles. The smallest absolute Gasteiger partial charge is 0.272 e. The Bertz CT molecular complexity index is 2100. The van der Waals surface area contributed by atoms with E-state index in [4.69, 9.17) is 0 Å². The molecule has 0 saturated heterocycles. The fourth-order valence-electron chi connectivity index (χ4n) is 5.40. The molecule has 3 N–H and O–H groups in total. The summed E-state index contributed by atoms with van der Waals surface area (Å²) >= 11 is 4.07. The van der Waals surface area contributed by atoms with Crippen molar-refractivity contribution >= 4 is 74.8 Å². The molecule has 1 aliphatic heterocycles. The second-order valence-electron chi connectivity index (χ2n) is 11.3. The Morgan fingerprint density at radius 3 is 2.40 bits per heavy atom. The van der Waals surface area contributed by atoms with E-state index in [2.05, 4.69) is 22.0 Å². The van der Waals surface area contributed by atoms with Gasteiger partial charge in [0.05, 0.1) is 12.1 Å². The van der Waals surface area contributed by atoms with E-state index in [0.29, 0.717) is 46.2 Å². The molecule has 1 aliphatic rings. The molecule has 5 aromatic rings. The molecule has 0 spiro atoms. The standard InChI is InChI=1S/C38H31N5O4S3/c1-24(44)43-18-17-30-31(22-39)38(50-33(30)23-43)42-37(47)34(25-10-4-2-5-11-25)49-29-15-8-14-27(20-29)40-36(46)32(21-28-16-9-19-48-28)41-35(45)26-12-6-3-7-13-26/h2-16,19-21,34H,17-18,23H2,1H3,(H,40,46)(H,41,45)(H,42,47)/b32-21-. The summed E-state index contributed by atoms with van der Waals surface area (Å²) in [7, 11) is 0. The molecule has 0 saturated carbocycles. The predicted octanol–water partition coefficient (Wildman–Crippen LogP) is 7.47. The highest BCUT2D eigenvalue weighted by Crippen LogP contribution is 2.40. The number of thioether (sulfide) groups is 1. The van der Waals surface area contributed by atoms with E-state index >= 15 is 0 Å². The van der Waals surface area contributed by atoms with Crippen LogP contribution >= 0.6 is 34.4 Å². The average Bonchev–Trinajstić information content (AvgIpc) is 3.77. The minimum Gasteiger partial charge on any atom is -0.337 e. The van der Waals surface area contributed by atoms with Gasteiger partial charge >= 0.3 is 0 Å². The van der Waals surface area contributed by atoms with Crippen molar-refractivity contribution in [3.63, 3.8) is 0 Å². The molecule has 4 amide bonds. The number of anilines is 2. The zero-order valence-electron chi connectivity index (χ0n) is 26.8. The number of carbonyl (C=O) groups excluding carboxylic acids is 4. The molecular weight excluding hydrogens is 687 g/mol. The van der Waals surface area contributed by atoms with Crippen molar-refractivity contribution in [2.45, 2.75) is 30.0 Å². The van der Waals surface area contributed by atoms with E-state index in [1.54, 1.807) is 53.4 Å². The van der Waals surface area contributed by atoms with Crippen LogP contribution < -0.4 is 16.0 Å². The number of fused-ring (bicyclic) bond motifs is 1. The highest BCUT2D eigenvalue weighted by atomic mass is 32.2. The summed E-state index contributed by atoms with van der Waals surface area (Å²) in [5, 5.41) is 20.3. The van der Waals surface area contributed by atoms with Crippen molar-refractivity contribution in [1.82, 2.24) is 10.2 Å². The third-order valence-corrected chi connectivity index (χ3v) is 11.1. The van der Waals surface area contributed by atoms with Crippen molar-refractivity contribution in [2.24, 2.45) is 0 Å². The van der Waals surface area contributed by atoms with E-state index in [0.717, 1.165) is 20.9 Å². The van der Waals surface area contributed by atoms with Gasteiger partial charge < -0.3 is 20.9 Å². The molecule has 9 nitrogen and oxygen atoms in total. The maximum Gasteiger partial charge on any atom is 0.272 e. The normalized spacial score (nSPS) is 13.0. The minimum atomic E-state index is -0.694. The molecule has 6 rings (SSSR count). The first-order valence-electron chi connectivity index (χ1n) is 15.6. The molecule has 3 heterocycles. The van der Waals surface area contributed by atoms with Crippen LogP contribution in [0.4, 0.5) is 10.7 Å². The summed E-state index contributed by atoms with van der Waals surface area (Å²) < 4.78 is 0. The molecule has 0 fully saturated rings. The first-order valence-corrected chi connectivity index (χ1v) is 18.2. The number of hydrogen-bond acceptors (Lipinski definition) is 8. The van der Waals surface area contributed by atoms with Gasteiger partial charge in [-0.2, -0.15) is 5.26 Å². The molecule has 0 bridgehead atoms. The Labute approximate surface area is 301 Å². The quantitative estimate of drug-likeness (QED) is 0.102. The predicted molar refractivity (Wildman–Crippen MR) is 199 cm³/mol. The molecular formula is C38H31N5O4S3. The number of rotatable bonds is 10. The zero-order valence-corrected chi connectivity index (χ0v) is 29.3. The van der Waals surface area contributed by atoms with Crippen LogP contribution in [0.25, 0.3) is 6.08 Å². The van der Waals surface area contributed by atoms with Crippen LogP contribution in [-0.4, -0.2) is 35.1 Å². The van der Waals surface area contributed by atoms with Crippen molar-refractivity contribution < 1.29 is 19.2 Å². The number of nitrogens with zero attached hydrogens (tertiary/aromatic N) is 2. The number of benzene rings is 3. The highest BCUT2D eigenvalue weighted by Gasteiger charge is 2.29. The third kappa shape index (κ3) is 8.20. The van der Waals surface area contributed by atoms with Gasteiger partial charge in [-0.25, -0.2) is 0 Å². The fourth-order valence-corrected chi connectivity index (χ4v) is 8.35. The van der Waals surface area contributed by atoms with Crippen LogP contribution in [0.5, 0.6) is 0 Å².